The van der Waals surface area contributed by atoms with Gasteiger partial charge in [0.25, 0.3) is 0 Å². The summed E-state index contributed by atoms with van der Waals surface area (Å²) in [7, 11) is 0. The van der Waals surface area contributed by atoms with E-state index < -0.39 is 11.6 Å². The van der Waals surface area contributed by atoms with Crippen LogP contribution >= 0.6 is 0 Å². The van der Waals surface area contributed by atoms with Crippen molar-refractivity contribution in [2.24, 2.45) is 5.92 Å². The molecule has 0 radical (unpaired) electrons. The first-order valence-corrected chi connectivity index (χ1v) is 10.1. The molecule has 0 aromatic heterocycles. The molecule has 142 valence electrons. The van der Waals surface area contributed by atoms with Gasteiger partial charge in [-0.25, -0.2) is 8.78 Å². The van der Waals surface area contributed by atoms with E-state index in [1.807, 2.05) is 12.1 Å². The molecule has 0 aliphatic heterocycles. The van der Waals surface area contributed by atoms with E-state index in [2.05, 4.69) is 6.92 Å². The molecule has 1 saturated carbocycles. The number of benzene rings is 2. The molecule has 3 rings (SSSR count). The van der Waals surface area contributed by atoms with Gasteiger partial charge in [0.15, 0.2) is 0 Å². The van der Waals surface area contributed by atoms with Crippen LogP contribution in [0.15, 0.2) is 36.4 Å². The molecule has 0 spiro atoms. The van der Waals surface area contributed by atoms with Crippen LogP contribution in [0.4, 0.5) is 8.78 Å². The van der Waals surface area contributed by atoms with Crippen molar-refractivity contribution >= 4 is 0 Å². The van der Waals surface area contributed by atoms with Crippen molar-refractivity contribution in [3.05, 3.63) is 59.2 Å². The van der Waals surface area contributed by atoms with Crippen molar-refractivity contribution in [2.45, 2.75) is 64.2 Å². The fourth-order valence-electron chi connectivity index (χ4n) is 4.30. The van der Waals surface area contributed by atoms with Gasteiger partial charge in [-0.2, -0.15) is 5.26 Å². The Morgan fingerprint density at radius 3 is 2.15 bits per heavy atom. The Morgan fingerprint density at radius 1 is 0.963 bits per heavy atom. The molecule has 3 heteroatoms. The highest BCUT2D eigenvalue weighted by Gasteiger charge is 2.22. The van der Waals surface area contributed by atoms with Crippen LogP contribution in [0.5, 0.6) is 0 Å². The molecule has 1 nitrogen and oxygen atoms in total. The minimum atomic E-state index is -0.688. The standard InChI is InChI=1S/C24H27F2N/c1-2-3-4-5-17-6-8-19(9-7-17)20-10-12-21(13-11-20)24-22(25)14-18(16-27)15-23(24)26/h10-15,17,19H,2-9H2,1H3. The fourth-order valence-corrected chi connectivity index (χ4v) is 4.30. The van der Waals surface area contributed by atoms with Crippen molar-refractivity contribution in [1.82, 2.24) is 0 Å². The minimum Gasteiger partial charge on any atom is -0.206 e. The van der Waals surface area contributed by atoms with Gasteiger partial charge in [-0.05, 0) is 60.8 Å². The molecule has 1 aliphatic rings. The summed E-state index contributed by atoms with van der Waals surface area (Å²) in [6, 6.07) is 11.6. The summed E-state index contributed by atoms with van der Waals surface area (Å²) >= 11 is 0. The van der Waals surface area contributed by atoms with Gasteiger partial charge in [0.1, 0.15) is 11.6 Å². The zero-order valence-corrected chi connectivity index (χ0v) is 16.0. The lowest BCUT2D eigenvalue weighted by atomic mass is 9.77. The summed E-state index contributed by atoms with van der Waals surface area (Å²) in [5.74, 6) is 0.0461. The van der Waals surface area contributed by atoms with Gasteiger partial charge in [0, 0.05) is 0 Å². The van der Waals surface area contributed by atoms with Crippen LogP contribution in [-0.2, 0) is 0 Å². The number of unbranched alkanes of at least 4 members (excludes halogenated alkanes) is 2. The van der Waals surface area contributed by atoms with Gasteiger partial charge in [-0.15, -0.1) is 0 Å². The van der Waals surface area contributed by atoms with E-state index in [4.69, 9.17) is 5.26 Å². The van der Waals surface area contributed by atoms with E-state index in [0.29, 0.717) is 11.5 Å². The summed E-state index contributed by atoms with van der Waals surface area (Å²) in [6.45, 7) is 2.25. The highest BCUT2D eigenvalue weighted by atomic mass is 19.1. The Bertz CT molecular complexity index is 773. The minimum absolute atomic E-state index is 0.000988. The summed E-state index contributed by atoms with van der Waals surface area (Å²) < 4.78 is 28.4. The van der Waals surface area contributed by atoms with E-state index in [1.54, 1.807) is 18.2 Å². The Kier molecular flexibility index (Phi) is 6.61. The first kappa shape index (κ1) is 19.5. The lowest BCUT2D eigenvalue weighted by molar-refractivity contribution is 0.303. The number of nitriles is 1. The quantitative estimate of drug-likeness (QED) is 0.489. The third-order valence-corrected chi connectivity index (χ3v) is 5.90. The predicted octanol–water partition coefficient (Wildman–Crippen LogP) is 7.36. The molecule has 0 heterocycles. The molecule has 2 aromatic carbocycles. The normalized spacial score (nSPS) is 19.6. The second-order valence-electron chi connectivity index (χ2n) is 7.76. The first-order chi connectivity index (χ1) is 13.1. The number of halogens is 2. The average molecular weight is 367 g/mol. The maximum atomic E-state index is 14.2. The first-order valence-electron chi connectivity index (χ1n) is 10.1. The van der Waals surface area contributed by atoms with E-state index in [-0.39, 0.29) is 11.1 Å². The lowest BCUT2D eigenvalue weighted by Crippen LogP contribution is -2.13. The van der Waals surface area contributed by atoms with E-state index in [0.717, 1.165) is 18.1 Å². The molecular formula is C24H27F2N. The monoisotopic (exact) mass is 367 g/mol. The number of hydrogen-bond donors (Lipinski definition) is 0. The molecule has 27 heavy (non-hydrogen) atoms. The van der Waals surface area contributed by atoms with Crippen molar-refractivity contribution < 1.29 is 8.78 Å². The molecule has 0 amide bonds. The highest BCUT2D eigenvalue weighted by molar-refractivity contribution is 5.66. The maximum Gasteiger partial charge on any atom is 0.135 e. The van der Waals surface area contributed by atoms with Gasteiger partial charge in [0.05, 0.1) is 17.2 Å². The molecule has 0 N–H and O–H groups in total. The molecule has 2 aromatic rings. The van der Waals surface area contributed by atoms with Gasteiger partial charge >= 0.3 is 0 Å². The van der Waals surface area contributed by atoms with Crippen LogP contribution in [0.3, 0.4) is 0 Å². The number of nitrogens with zero attached hydrogens (tertiary/aromatic N) is 1. The van der Waals surface area contributed by atoms with Crippen LogP contribution in [0.1, 0.15) is 75.3 Å². The second kappa shape index (κ2) is 9.13. The predicted molar refractivity (Wildman–Crippen MR) is 105 cm³/mol. The van der Waals surface area contributed by atoms with Crippen LogP contribution in [0, 0.1) is 28.9 Å². The Balaban J connectivity index is 1.66. The largest absolute Gasteiger partial charge is 0.206 e. The van der Waals surface area contributed by atoms with E-state index >= 15 is 0 Å². The van der Waals surface area contributed by atoms with Gasteiger partial charge < -0.3 is 0 Å². The Hall–Kier alpha value is -2.21. The van der Waals surface area contributed by atoms with Gasteiger partial charge in [-0.1, -0.05) is 56.9 Å². The van der Waals surface area contributed by atoms with Crippen molar-refractivity contribution in [3.8, 4) is 17.2 Å². The second-order valence-corrected chi connectivity index (χ2v) is 7.76. The summed E-state index contributed by atoms with van der Waals surface area (Å²) in [6.07, 6.45) is 10.3. The van der Waals surface area contributed by atoms with Crippen molar-refractivity contribution in [3.63, 3.8) is 0 Å². The molecule has 0 saturated heterocycles. The van der Waals surface area contributed by atoms with Crippen LogP contribution < -0.4 is 0 Å². The Labute approximate surface area is 161 Å². The summed E-state index contributed by atoms with van der Waals surface area (Å²) in [4.78, 5) is 0. The number of hydrogen-bond acceptors (Lipinski definition) is 1. The zero-order chi connectivity index (χ0) is 19.2. The van der Waals surface area contributed by atoms with Crippen molar-refractivity contribution in [2.75, 3.05) is 0 Å². The zero-order valence-electron chi connectivity index (χ0n) is 16.0. The third-order valence-electron chi connectivity index (χ3n) is 5.90. The fraction of sp³-hybridized carbons (Fsp3) is 0.458. The van der Waals surface area contributed by atoms with Crippen molar-refractivity contribution in [1.29, 1.82) is 5.26 Å². The van der Waals surface area contributed by atoms with Crippen LogP contribution in [0.2, 0.25) is 0 Å². The maximum absolute atomic E-state index is 14.2. The Morgan fingerprint density at radius 2 is 1.59 bits per heavy atom. The van der Waals surface area contributed by atoms with Crippen LogP contribution in [0.25, 0.3) is 11.1 Å². The molecule has 1 aliphatic carbocycles. The highest BCUT2D eigenvalue weighted by Crippen LogP contribution is 2.38. The molecule has 1 fully saturated rings. The molecule has 0 atom stereocenters. The summed E-state index contributed by atoms with van der Waals surface area (Å²) in [5.41, 5.74) is 1.73. The third kappa shape index (κ3) is 4.75. The van der Waals surface area contributed by atoms with Gasteiger partial charge in [-0.3, -0.25) is 0 Å². The number of rotatable bonds is 6. The molecular weight excluding hydrogens is 340 g/mol. The van der Waals surface area contributed by atoms with E-state index in [1.165, 1.54) is 56.9 Å². The lowest BCUT2D eigenvalue weighted by Gasteiger charge is -2.29. The molecule has 0 unspecified atom stereocenters. The van der Waals surface area contributed by atoms with Gasteiger partial charge in [0.2, 0.25) is 0 Å². The van der Waals surface area contributed by atoms with Crippen LogP contribution in [-0.4, -0.2) is 0 Å². The van der Waals surface area contributed by atoms with E-state index in [9.17, 15) is 8.78 Å². The smallest absolute Gasteiger partial charge is 0.135 e. The SMILES string of the molecule is CCCCCC1CCC(c2ccc(-c3c(F)cc(C#N)cc3F)cc2)CC1. The summed E-state index contributed by atoms with van der Waals surface area (Å²) in [5, 5.41) is 8.82. The molecule has 0 bridgehead atoms. The average Bonchev–Trinajstić information content (AvgIpc) is 2.69. The topological polar surface area (TPSA) is 23.8 Å².